The average Bonchev–Trinajstić information content (AvgIpc) is 2.46. The minimum Gasteiger partial charge on any atom is -0.493 e. The lowest BCUT2D eigenvalue weighted by molar-refractivity contribution is 0.0696. The molecular weight excluding hydrogens is 284 g/mol. The SMILES string of the molecule is COc1cc(-c2ncc(C(=O)O)cn2)cc(Cl)c1OC. The van der Waals surface area contributed by atoms with Crippen molar-refractivity contribution in [1.82, 2.24) is 9.97 Å². The van der Waals surface area contributed by atoms with Gasteiger partial charge in [0.2, 0.25) is 0 Å². The smallest absolute Gasteiger partial charge is 0.338 e. The molecule has 1 heterocycles. The first-order valence-corrected chi connectivity index (χ1v) is 5.92. The van der Waals surface area contributed by atoms with Gasteiger partial charge < -0.3 is 14.6 Å². The van der Waals surface area contributed by atoms with Crippen molar-refractivity contribution in [2.45, 2.75) is 0 Å². The van der Waals surface area contributed by atoms with E-state index in [9.17, 15) is 4.79 Å². The number of hydrogen-bond acceptors (Lipinski definition) is 5. The van der Waals surface area contributed by atoms with Crippen LogP contribution in [0, 0.1) is 0 Å². The van der Waals surface area contributed by atoms with Crippen molar-refractivity contribution in [3.8, 4) is 22.9 Å². The van der Waals surface area contributed by atoms with Crippen LogP contribution in [0.2, 0.25) is 5.02 Å². The molecule has 0 atom stereocenters. The largest absolute Gasteiger partial charge is 0.493 e. The Hall–Kier alpha value is -2.34. The summed E-state index contributed by atoms with van der Waals surface area (Å²) < 4.78 is 10.3. The third-order valence-corrected chi connectivity index (χ3v) is 2.87. The Morgan fingerprint density at radius 1 is 1.20 bits per heavy atom. The molecule has 0 fully saturated rings. The fourth-order valence-corrected chi connectivity index (χ4v) is 1.92. The maximum absolute atomic E-state index is 10.7. The number of benzene rings is 1. The molecule has 7 heteroatoms. The molecule has 0 saturated heterocycles. The van der Waals surface area contributed by atoms with Crippen molar-refractivity contribution in [3.63, 3.8) is 0 Å². The lowest BCUT2D eigenvalue weighted by Crippen LogP contribution is -2.00. The van der Waals surface area contributed by atoms with Crippen LogP contribution in [0.4, 0.5) is 0 Å². The number of nitrogens with zero attached hydrogens (tertiary/aromatic N) is 2. The number of aromatic carboxylic acids is 1. The molecule has 2 aromatic rings. The second-order valence-corrected chi connectivity index (χ2v) is 4.20. The molecule has 0 aliphatic heterocycles. The van der Waals surface area contributed by atoms with Gasteiger partial charge in [0.1, 0.15) is 0 Å². The second-order valence-electron chi connectivity index (χ2n) is 3.79. The molecule has 1 N–H and O–H groups in total. The van der Waals surface area contributed by atoms with Crippen molar-refractivity contribution in [2.75, 3.05) is 14.2 Å². The summed E-state index contributed by atoms with van der Waals surface area (Å²) in [6.07, 6.45) is 2.46. The van der Waals surface area contributed by atoms with Gasteiger partial charge in [0.25, 0.3) is 0 Å². The van der Waals surface area contributed by atoms with Crippen molar-refractivity contribution in [3.05, 3.63) is 35.1 Å². The molecule has 1 aromatic heterocycles. The van der Waals surface area contributed by atoms with E-state index in [4.69, 9.17) is 26.2 Å². The van der Waals surface area contributed by atoms with Crippen LogP contribution >= 0.6 is 11.6 Å². The number of aromatic nitrogens is 2. The van der Waals surface area contributed by atoms with E-state index >= 15 is 0 Å². The number of methoxy groups -OCH3 is 2. The number of carboxylic acid groups (broad SMARTS) is 1. The Labute approximate surface area is 120 Å². The molecule has 0 saturated carbocycles. The number of carbonyl (C=O) groups is 1. The first kappa shape index (κ1) is 14.1. The fourth-order valence-electron chi connectivity index (χ4n) is 1.63. The molecular formula is C13H11ClN2O4. The Balaban J connectivity index is 2.47. The van der Waals surface area contributed by atoms with Crippen molar-refractivity contribution < 1.29 is 19.4 Å². The highest BCUT2D eigenvalue weighted by Crippen LogP contribution is 2.38. The summed E-state index contributed by atoms with van der Waals surface area (Å²) >= 11 is 6.09. The summed E-state index contributed by atoms with van der Waals surface area (Å²) in [5.74, 6) is 0.126. The zero-order chi connectivity index (χ0) is 14.7. The van der Waals surface area contributed by atoms with Crippen LogP contribution < -0.4 is 9.47 Å². The summed E-state index contributed by atoms with van der Waals surface area (Å²) in [5, 5.41) is 9.16. The topological polar surface area (TPSA) is 81.5 Å². The van der Waals surface area contributed by atoms with E-state index in [2.05, 4.69) is 9.97 Å². The average molecular weight is 295 g/mol. The van der Waals surface area contributed by atoms with Gasteiger partial charge in [0, 0.05) is 18.0 Å². The lowest BCUT2D eigenvalue weighted by atomic mass is 10.2. The molecule has 1 aromatic carbocycles. The molecule has 0 aliphatic carbocycles. The van der Waals surface area contributed by atoms with E-state index in [1.807, 2.05) is 0 Å². The first-order valence-electron chi connectivity index (χ1n) is 5.54. The van der Waals surface area contributed by atoms with Gasteiger partial charge in [-0.3, -0.25) is 0 Å². The van der Waals surface area contributed by atoms with E-state index in [0.29, 0.717) is 27.9 Å². The molecule has 0 aliphatic rings. The predicted molar refractivity (Wildman–Crippen MR) is 72.5 cm³/mol. The molecule has 0 unspecified atom stereocenters. The van der Waals surface area contributed by atoms with Crippen LogP contribution in [0.1, 0.15) is 10.4 Å². The highest BCUT2D eigenvalue weighted by atomic mass is 35.5. The molecule has 104 valence electrons. The van der Waals surface area contributed by atoms with Crippen LogP contribution in [0.3, 0.4) is 0 Å². The Kier molecular flexibility index (Phi) is 4.05. The van der Waals surface area contributed by atoms with E-state index < -0.39 is 5.97 Å². The van der Waals surface area contributed by atoms with Gasteiger partial charge in [-0.05, 0) is 12.1 Å². The summed E-state index contributed by atoms with van der Waals surface area (Å²) in [6, 6.07) is 3.29. The molecule has 6 nitrogen and oxygen atoms in total. The summed E-state index contributed by atoms with van der Waals surface area (Å²) in [6.45, 7) is 0. The third-order valence-electron chi connectivity index (χ3n) is 2.59. The monoisotopic (exact) mass is 294 g/mol. The Morgan fingerprint density at radius 2 is 1.85 bits per heavy atom. The van der Waals surface area contributed by atoms with Crippen LogP contribution in [-0.4, -0.2) is 35.3 Å². The quantitative estimate of drug-likeness (QED) is 0.933. The minimum atomic E-state index is -1.08. The van der Waals surface area contributed by atoms with Gasteiger partial charge in [-0.1, -0.05) is 11.6 Å². The number of ether oxygens (including phenoxy) is 2. The maximum atomic E-state index is 10.7. The van der Waals surface area contributed by atoms with E-state index in [1.54, 1.807) is 12.1 Å². The van der Waals surface area contributed by atoms with Gasteiger partial charge in [-0.15, -0.1) is 0 Å². The van der Waals surface area contributed by atoms with E-state index in [-0.39, 0.29) is 5.56 Å². The number of halogens is 1. The minimum absolute atomic E-state index is 0.0142. The predicted octanol–water partition coefficient (Wildman–Crippen LogP) is 2.51. The highest BCUT2D eigenvalue weighted by Gasteiger charge is 2.14. The normalized spacial score (nSPS) is 10.2. The van der Waals surface area contributed by atoms with E-state index in [0.717, 1.165) is 0 Å². The van der Waals surface area contributed by atoms with Crippen molar-refractivity contribution in [2.24, 2.45) is 0 Å². The zero-order valence-electron chi connectivity index (χ0n) is 10.8. The molecule has 0 spiro atoms. The van der Waals surface area contributed by atoms with Gasteiger partial charge in [0.15, 0.2) is 17.3 Å². The molecule has 0 bridgehead atoms. The Morgan fingerprint density at radius 3 is 2.35 bits per heavy atom. The zero-order valence-corrected chi connectivity index (χ0v) is 11.5. The third kappa shape index (κ3) is 2.65. The van der Waals surface area contributed by atoms with Gasteiger partial charge in [-0.25, -0.2) is 14.8 Å². The first-order chi connectivity index (χ1) is 9.56. The van der Waals surface area contributed by atoms with Crippen molar-refractivity contribution >= 4 is 17.6 Å². The lowest BCUT2D eigenvalue weighted by Gasteiger charge is -2.11. The Bertz CT molecular complexity index is 644. The molecule has 2 rings (SSSR count). The number of rotatable bonds is 4. The van der Waals surface area contributed by atoms with Gasteiger partial charge in [-0.2, -0.15) is 0 Å². The highest BCUT2D eigenvalue weighted by molar-refractivity contribution is 6.32. The second kappa shape index (κ2) is 5.75. The summed E-state index contributed by atoms with van der Waals surface area (Å²) in [4.78, 5) is 18.7. The van der Waals surface area contributed by atoms with Gasteiger partial charge in [0.05, 0.1) is 24.8 Å². The summed E-state index contributed by atoms with van der Waals surface area (Å²) in [5.41, 5.74) is 0.616. The van der Waals surface area contributed by atoms with E-state index in [1.165, 1.54) is 26.6 Å². The van der Waals surface area contributed by atoms with Crippen LogP contribution in [0.25, 0.3) is 11.4 Å². The van der Waals surface area contributed by atoms with Crippen LogP contribution in [-0.2, 0) is 0 Å². The van der Waals surface area contributed by atoms with Crippen LogP contribution in [0.5, 0.6) is 11.5 Å². The molecule has 0 radical (unpaired) electrons. The number of hydrogen-bond donors (Lipinski definition) is 1. The summed E-state index contributed by atoms with van der Waals surface area (Å²) in [7, 11) is 2.98. The maximum Gasteiger partial charge on any atom is 0.338 e. The van der Waals surface area contributed by atoms with Gasteiger partial charge >= 0.3 is 5.97 Å². The standard InChI is InChI=1S/C13H11ClN2O4/c1-19-10-4-7(3-9(14)11(10)20-2)12-15-5-8(6-16-12)13(17)18/h3-6H,1-2H3,(H,17,18). The fraction of sp³-hybridized carbons (Fsp3) is 0.154. The molecule has 0 amide bonds. The number of carboxylic acids is 1. The van der Waals surface area contributed by atoms with Crippen molar-refractivity contribution in [1.29, 1.82) is 0 Å². The van der Waals surface area contributed by atoms with Crippen LogP contribution in [0.15, 0.2) is 24.5 Å². The molecule has 20 heavy (non-hydrogen) atoms.